The third kappa shape index (κ3) is 2.94. The molecule has 0 aromatic rings. The van der Waals surface area contributed by atoms with Crippen molar-refractivity contribution >= 4 is 11.9 Å². The molecule has 6 aliphatic rings. The van der Waals surface area contributed by atoms with Crippen molar-refractivity contribution in [3.8, 4) is 0 Å². The predicted molar refractivity (Wildman–Crippen MR) is 136 cm³/mol. The number of carbonyl (C=O) groups is 2. The maximum Gasteiger partial charge on any atom is 0.303 e. The van der Waals surface area contributed by atoms with Crippen LogP contribution >= 0.6 is 0 Å². The van der Waals surface area contributed by atoms with E-state index in [9.17, 15) is 24.9 Å². The van der Waals surface area contributed by atoms with Crippen LogP contribution < -0.4 is 0 Å². The fraction of sp³-hybridized carbons (Fsp3) is 0.929. The van der Waals surface area contributed by atoms with Crippen LogP contribution in [0.2, 0.25) is 0 Å². The van der Waals surface area contributed by atoms with E-state index >= 15 is 0 Å². The summed E-state index contributed by atoms with van der Waals surface area (Å²) in [6, 6.07) is -0.326. The van der Waals surface area contributed by atoms with Crippen LogP contribution in [0.3, 0.4) is 0 Å². The highest BCUT2D eigenvalue weighted by atomic mass is 16.6. The van der Waals surface area contributed by atoms with Crippen molar-refractivity contribution in [1.29, 1.82) is 0 Å². The molecule has 5 aliphatic carbocycles. The largest absolute Gasteiger partial charge is 0.462 e. The molecule has 15 atom stereocenters. The fourth-order valence-electron chi connectivity index (χ4n) is 11.6. The first-order valence-electron chi connectivity index (χ1n) is 14.1. The van der Waals surface area contributed by atoms with Gasteiger partial charge in [-0.15, -0.1) is 0 Å². The molecule has 3 N–H and O–H groups in total. The van der Waals surface area contributed by atoms with E-state index in [0.29, 0.717) is 13.0 Å². The molecule has 0 amide bonds. The van der Waals surface area contributed by atoms with E-state index in [4.69, 9.17) is 28.4 Å². The molecule has 1 unspecified atom stereocenters. The number of carbonyl (C=O) groups excluding carboxylic acids is 2. The van der Waals surface area contributed by atoms with Gasteiger partial charge in [-0.25, -0.2) is 0 Å². The summed E-state index contributed by atoms with van der Waals surface area (Å²) in [4.78, 5) is 27.0. The smallest absolute Gasteiger partial charge is 0.303 e. The molecule has 0 aromatic carbocycles. The van der Waals surface area contributed by atoms with Crippen LogP contribution in [-0.2, 0) is 38.0 Å². The van der Waals surface area contributed by atoms with Crippen LogP contribution in [0.15, 0.2) is 0 Å². The predicted octanol–water partition coefficient (Wildman–Crippen LogP) is -1.04. The van der Waals surface area contributed by atoms with Crippen LogP contribution in [0.1, 0.15) is 26.7 Å². The minimum absolute atomic E-state index is 0.154. The molecular weight excluding hydrogens is 526 g/mol. The average Bonchev–Trinajstić information content (AvgIpc) is 3.27. The monoisotopic (exact) mass is 569 g/mol. The molecule has 40 heavy (non-hydrogen) atoms. The van der Waals surface area contributed by atoms with Crippen molar-refractivity contribution in [2.75, 3.05) is 48.6 Å². The summed E-state index contributed by atoms with van der Waals surface area (Å²) in [7, 11) is 8.20. The number of likely N-dealkylation sites (tertiary alicyclic amines) is 1. The number of fused-ring (bicyclic) bond motifs is 2. The van der Waals surface area contributed by atoms with Gasteiger partial charge in [-0.05, 0) is 19.4 Å². The maximum absolute atomic E-state index is 12.8. The van der Waals surface area contributed by atoms with Gasteiger partial charge in [-0.1, -0.05) is 0 Å². The normalized spacial score (nSPS) is 55.7. The minimum Gasteiger partial charge on any atom is -0.462 e. The Hall–Kier alpha value is -1.38. The van der Waals surface area contributed by atoms with Crippen molar-refractivity contribution in [3.63, 3.8) is 0 Å². The van der Waals surface area contributed by atoms with Crippen LogP contribution in [0.5, 0.6) is 0 Å². The van der Waals surface area contributed by atoms with Crippen LogP contribution in [0.25, 0.3) is 0 Å². The summed E-state index contributed by atoms with van der Waals surface area (Å²) in [6.45, 7) is 3.41. The lowest BCUT2D eigenvalue weighted by Gasteiger charge is -2.69. The summed E-state index contributed by atoms with van der Waals surface area (Å²) in [6.07, 6.45) is -5.04. The molecule has 1 heterocycles. The molecular formula is C28H43NO11. The molecule has 0 radical (unpaired) electrons. The Bertz CT molecular complexity index is 1070. The van der Waals surface area contributed by atoms with E-state index < -0.39 is 88.3 Å². The number of hydrogen-bond acceptors (Lipinski definition) is 12. The first kappa shape index (κ1) is 28.7. The third-order valence-electron chi connectivity index (χ3n) is 12.0. The van der Waals surface area contributed by atoms with Crippen molar-refractivity contribution in [1.82, 2.24) is 4.90 Å². The molecule has 6 fully saturated rings. The van der Waals surface area contributed by atoms with E-state index in [1.54, 1.807) is 21.3 Å². The maximum atomic E-state index is 12.8. The van der Waals surface area contributed by atoms with Gasteiger partial charge in [-0.2, -0.15) is 0 Å². The van der Waals surface area contributed by atoms with Crippen molar-refractivity contribution in [3.05, 3.63) is 0 Å². The second kappa shape index (κ2) is 9.06. The van der Waals surface area contributed by atoms with Gasteiger partial charge < -0.3 is 48.6 Å². The number of rotatable bonds is 7. The Morgan fingerprint density at radius 2 is 1.65 bits per heavy atom. The standard InChI is InChI=1S/C28H43NO11/c1-12(30)39-15-8-16(36-5)27-14-9-26(40-13(2)31)22(32)17(14)28(34,23(33)24(26)38-7)18-19(37-6)20(27)25(15,11-35-4)10-29(3)21(18)27/h14-24,32-34H,8-11H2,1-7H3/t14-,15?,16+,17-,18+,19+,20-,21-,22-,23+,24+,25+,26+,27+,28-/m1/s1. The lowest BCUT2D eigenvalue weighted by molar-refractivity contribution is -0.320. The summed E-state index contributed by atoms with van der Waals surface area (Å²) < 4.78 is 36.1. The van der Waals surface area contributed by atoms with Gasteiger partial charge in [-0.3, -0.25) is 9.59 Å². The van der Waals surface area contributed by atoms with Crippen LogP contribution in [-0.4, -0.2) is 135 Å². The molecule has 6 rings (SSSR count). The van der Waals surface area contributed by atoms with Crippen molar-refractivity contribution in [2.45, 2.75) is 80.6 Å². The molecule has 226 valence electrons. The Balaban J connectivity index is 1.66. The first-order chi connectivity index (χ1) is 18.9. The second-order valence-corrected chi connectivity index (χ2v) is 13.1. The molecule has 0 aromatic heterocycles. The van der Waals surface area contributed by atoms with E-state index in [2.05, 4.69) is 4.90 Å². The highest BCUT2D eigenvalue weighted by Crippen LogP contribution is 2.80. The van der Waals surface area contributed by atoms with Gasteiger partial charge in [0, 0.05) is 89.9 Å². The van der Waals surface area contributed by atoms with Crippen molar-refractivity contribution < 1.29 is 53.3 Å². The number of piperidine rings is 1. The topological polar surface area (TPSA) is 153 Å². The first-order valence-corrected chi connectivity index (χ1v) is 14.1. The quantitative estimate of drug-likeness (QED) is 0.321. The zero-order valence-electron chi connectivity index (χ0n) is 24.2. The van der Waals surface area contributed by atoms with Gasteiger partial charge in [0.15, 0.2) is 5.60 Å². The number of methoxy groups -OCH3 is 4. The minimum atomic E-state index is -1.84. The Kier molecular flexibility index (Phi) is 6.51. The molecule has 1 saturated heterocycles. The average molecular weight is 570 g/mol. The highest BCUT2D eigenvalue weighted by molar-refractivity contribution is 5.67. The SMILES string of the molecule is COC[C@]12CN(C)[C@@H]3[C@@H]4[C@H](OC)[C@H]1[C@@]3([C@@H](OC)CC2OC(C)=O)[C@@H]1C[C@]2(OC(C)=O)[C@H](O)[C@@H]1[C@]4(O)[C@@H](O)[C@@H]2OC. The van der Waals surface area contributed by atoms with E-state index in [0.717, 1.165) is 0 Å². The molecule has 7 bridgehead atoms. The molecule has 12 nitrogen and oxygen atoms in total. The Morgan fingerprint density at radius 3 is 2.20 bits per heavy atom. The Morgan fingerprint density at radius 1 is 0.950 bits per heavy atom. The number of nitrogens with zero attached hydrogens (tertiary/aromatic N) is 1. The molecule has 12 heteroatoms. The van der Waals surface area contributed by atoms with Gasteiger partial charge in [0.05, 0.1) is 18.8 Å². The van der Waals surface area contributed by atoms with Crippen molar-refractivity contribution in [2.24, 2.45) is 34.5 Å². The fourth-order valence-corrected chi connectivity index (χ4v) is 11.6. The van der Waals surface area contributed by atoms with E-state index in [1.807, 2.05) is 7.05 Å². The zero-order valence-corrected chi connectivity index (χ0v) is 24.2. The molecule has 5 saturated carbocycles. The van der Waals surface area contributed by atoms with Gasteiger partial charge >= 0.3 is 11.9 Å². The molecule has 1 aliphatic heterocycles. The summed E-state index contributed by atoms with van der Waals surface area (Å²) in [5.41, 5.74) is -4.88. The van der Waals surface area contributed by atoms with Gasteiger partial charge in [0.2, 0.25) is 0 Å². The number of aliphatic hydroxyl groups is 3. The highest BCUT2D eigenvalue weighted by Gasteiger charge is 2.91. The Labute approximate surface area is 234 Å². The number of ether oxygens (including phenoxy) is 6. The van der Waals surface area contributed by atoms with E-state index in [1.165, 1.54) is 21.0 Å². The lowest BCUT2D eigenvalue weighted by atomic mass is 9.42. The van der Waals surface area contributed by atoms with Crippen LogP contribution in [0.4, 0.5) is 0 Å². The second-order valence-electron chi connectivity index (χ2n) is 13.1. The number of aliphatic hydroxyl groups excluding tert-OH is 2. The summed E-state index contributed by atoms with van der Waals surface area (Å²) in [5.74, 6) is -3.35. The summed E-state index contributed by atoms with van der Waals surface area (Å²) in [5, 5.41) is 36.8. The third-order valence-corrected chi connectivity index (χ3v) is 12.0. The summed E-state index contributed by atoms with van der Waals surface area (Å²) >= 11 is 0. The van der Waals surface area contributed by atoms with Gasteiger partial charge in [0.25, 0.3) is 0 Å². The lowest BCUT2D eigenvalue weighted by Crippen LogP contribution is -2.81. The van der Waals surface area contributed by atoms with E-state index in [-0.39, 0.29) is 25.0 Å². The van der Waals surface area contributed by atoms with Gasteiger partial charge in [0.1, 0.15) is 30.0 Å². The number of hydrogen-bond donors (Lipinski definition) is 3. The number of esters is 2. The van der Waals surface area contributed by atoms with Crippen LogP contribution in [0, 0.1) is 34.5 Å². The molecule has 1 spiro atoms. The zero-order chi connectivity index (χ0) is 29.2.